The largest absolute Gasteiger partial charge is 0.467 e. The van der Waals surface area contributed by atoms with Crippen LogP contribution in [0.2, 0.25) is 0 Å². The van der Waals surface area contributed by atoms with E-state index in [1.54, 1.807) is 0 Å². The predicted molar refractivity (Wildman–Crippen MR) is 74.3 cm³/mol. The number of esters is 1. The number of hydrogen-bond acceptors (Lipinski definition) is 3. The molecule has 1 aliphatic heterocycles. The lowest BCUT2D eigenvalue weighted by molar-refractivity contribution is -0.274. The molecule has 0 spiro atoms. The van der Waals surface area contributed by atoms with Crippen LogP contribution in [-0.2, 0) is 14.3 Å². The van der Waals surface area contributed by atoms with Crippen molar-refractivity contribution in [3.8, 4) is 0 Å². The Morgan fingerprint density at radius 3 is 2.38 bits per heavy atom. The van der Waals surface area contributed by atoms with E-state index in [1.165, 1.54) is 19.9 Å². The van der Waals surface area contributed by atoms with E-state index in [-0.39, 0.29) is 11.1 Å². The van der Waals surface area contributed by atoms with Crippen molar-refractivity contribution in [3.05, 3.63) is 34.9 Å². The van der Waals surface area contributed by atoms with Gasteiger partial charge in [0.15, 0.2) is 23.3 Å². The van der Waals surface area contributed by atoms with Crippen molar-refractivity contribution >= 4 is 5.97 Å². The van der Waals surface area contributed by atoms with Gasteiger partial charge in [-0.05, 0) is 31.0 Å². The van der Waals surface area contributed by atoms with Gasteiger partial charge in [-0.3, -0.25) is 0 Å². The Morgan fingerprint density at radius 2 is 1.88 bits per heavy atom. The summed E-state index contributed by atoms with van der Waals surface area (Å²) in [5.41, 5.74) is -2.69. The van der Waals surface area contributed by atoms with Crippen molar-refractivity contribution < 1.29 is 36.2 Å². The summed E-state index contributed by atoms with van der Waals surface area (Å²) in [6.45, 7) is 3.35. The first-order valence-electron chi connectivity index (χ1n) is 7.22. The minimum Gasteiger partial charge on any atom is -0.467 e. The SMILES string of the molecule is COC(=O)C1OC(C)(C(F)(F)F)C(C)C1c1ccc(F)c(F)c1C. The monoisotopic (exact) mass is 352 g/mol. The number of carbonyl (C=O) groups is 1. The Kier molecular flexibility index (Phi) is 4.65. The fourth-order valence-electron chi connectivity index (χ4n) is 3.15. The van der Waals surface area contributed by atoms with Gasteiger partial charge in [-0.25, -0.2) is 13.6 Å². The van der Waals surface area contributed by atoms with Gasteiger partial charge in [0.25, 0.3) is 0 Å². The number of alkyl halides is 3. The zero-order valence-corrected chi connectivity index (χ0v) is 13.5. The molecule has 134 valence electrons. The van der Waals surface area contributed by atoms with Gasteiger partial charge in [0.05, 0.1) is 7.11 Å². The molecule has 2 rings (SSSR count). The normalized spacial score (nSPS) is 30.5. The molecular formula is C16H17F5O3. The standard InChI is InChI=1S/C16H17F5O3/c1-7-9(5-6-10(17)12(7)18)11-8(2)15(3,16(19,20)21)24-13(11)14(22)23-4/h5-6,8,11,13H,1-4H3. The van der Waals surface area contributed by atoms with Gasteiger partial charge in [0, 0.05) is 11.8 Å². The fourth-order valence-corrected chi connectivity index (χ4v) is 3.15. The second-order valence-electron chi connectivity index (χ2n) is 6.06. The molecule has 0 aromatic heterocycles. The second-order valence-corrected chi connectivity index (χ2v) is 6.06. The molecule has 4 unspecified atom stereocenters. The van der Waals surface area contributed by atoms with Crippen LogP contribution >= 0.6 is 0 Å². The van der Waals surface area contributed by atoms with Crippen LogP contribution in [-0.4, -0.2) is 31.0 Å². The van der Waals surface area contributed by atoms with Crippen LogP contribution in [0.1, 0.15) is 30.9 Å². The number of benzene rings is 1. The van der Waals surface area contributed by atoms with E-state index in [4.69, 9.17) is 4.74 Å². The minimum atomic E-state index is -4.75. The Hall–Kier alpha value is -1.70. The Morgan fingerprint density at radius 1 is 1.29 bits per heavy atom. The maximum atomic E-state index is 13.9. The number of rotatable bonds is 2. The van der Waals surface area contributed by atoms with E-state index >= 15 is 0 Å². The summed E-state index contributed by atoms with van der Waals surface area (Å²) in [5, 5.41) is 0. The van der Waals surface area contributed by atoms with E-state index in [0.717, 1.165) is 20.1 Å². The summed E-state index contributed by atoms with van der Waals surface area (Å²) >= 11 is 0. The Bertz CT molecular complexity index is 658. The Balaban J connectivity index is 2.61. The first kappa shape index (κ1) is 18.6. The molecule has 3 nitrogen and oxygen atoms in total. The van der Waals surface area contributed by atoms with Crippen LogP contribution in [0.25, 0.3) is 0 Å². The zero-order valence-electron chi connectivity index (χ0n) is 13.5. The maximum Gasteiger partial charge on any atom is 0.417 e. The van der Waals surface area contributed by atoms with E-state index in [2.05, 4.69) is 4.74 Å². The molecular weight excluding hydrogens is 335 g/mol. The quantitative estimate of drug-likeness (QED) is 0.598. The lowest BCUT2D eigenvalue weighted by atomic mass is 9.76. The molecule has 24 heavy (non-hydrogen) atoms. The van der Waals surface area contributed by atoms with Crippen LogP contribution in [0.3, 0.4) is 0 Å². The van der Waals surface area contributed by atoms with Crippen molar-refractivity contribution in [1.82, 2.24) is 0 Å². The molecule has 1 heterocycles. The number of halogens is 5. The molecule has 8 heteroatoms. The molecule has 0 amide bonds. The van der Waals surface area contributed by atoms with Gasteiger partial charge in [-0.2, -0.15) is 13.2 Å². The first-order chi connectivity index (χ1) is 11.0. The smallest absolute Gasteiger partial charge is 0.417 e. The summed E-state index contributed by atoms with van der Waals surface area (Å²) in [6.07, 6.45) is -6.32. The topological polar surface area (TPSA) is 35.5 Å². The lowest BCUT2D eigenvalue weighted by Gasteiger charge is -2.32. The van der Waals surface area contributed by atoms with Crippen molar-refractivity contribution in [2.75, 3.05) is 7.11 Å². The third kappa shape index (κ3) is 2.66. The van der Waals surface area contributed by atoms with Crippen molar-refractivity contribution in [2.45, 2.75) is 44.6 Å². The van der Waals surface area contributed by atoms with E-state index in [9.17, 15) is 26.7 Å². The third-order valence-corrected chi connectivity index (χ3v) is 4.84. The van der Waals surface area contributed by atoms with Gasteiger partial charge in [0.2, 0.25) is 0 Å². The van der Waals surface area contributed by atoms with Crippen LogP contribution in [0.5, 0.6) is 0 Å². The lowest BCUT2D eigenvalue weighted by Crippen LogP contribution is -2.47. The highest BCUT2D eigenvalue weighted by Gasteiger charge is 2.65. The van der Waals surface area contributed by atoms with Gasteiger partial charge in [-0.15, -0.1) is 0 Å². The molecule has 1 fully saturated rings. The third-order valence-electron chi connectivity index (χ3n) is 4.84. The van der Waals surface area contributed by atoms with Crippen LogP contribution in [0, 0.1) is 24.5 Å². The molecule has 4 atom stereocenters. The zero-order chi connectivity index (χ0) is 18.4. The predicted octanol–water partition coefficient (Wildman–Crippen LogP) is 3.89. The van der Waals surface area contributed by atoms with E-state index in [1.807, 2.05) is 0 Å². The summed E-state index contributed by atoms with van der Waals surface area (Å²) in [5.74, 6) is -5.62. The second kappa shape index (κ2) is 5.98. The highest BCUT2D eigenvalue weighted by Crippen LogP contribution is 2.53. The summed E-state index contributed by atoms with van der Waals surface area (Å²) in [7, 11) is 1.02. The van der Waals surface area contributed by atoms with Gasteiger partial charge in [-0.1, -0.05) is 13.0 Å². The molecule has 1 aromatic carbocycles. The van der Waals surface area contributed by atoms with Crippen molar-refractivity contribution in [2.24, 2.45) is 5.92 Å². The number of carbonyl (C=O) groups excluding carboxylic acids is 1. The molecule has 0 radical (unpaired) electrons. The first-order valence-corrected chi connectivity index (χ1v) is 7.22. The van der Waals surface area contributed by atoms with Crippen molar-refractivity contribution in [1.29, 1.82) is 0 Å². The molecule has 0 saturated carbocycles. The van der Waals surface area contributed by atoms with Crippen LogP contribution < -0.4 is 0 Å². The van der Waals surface area contributed by atoms with E-state index < -0.39 is 47.3 Å². The van der Waals surface area contributed by atoms with Gasteiger partial charge in [0.1, 0.15) is 0 Å². The number of ether oxygens (including phenoxy) is 2. The van der Waals surface area contributed by atoms with Gasteiger partial charge >= 0.3 is 12.1 Å². The van der Waals surface area contributed by atoms with Crippen LogP contribution in [0.15, 0.2) is 12.1 Å². The maximum absolute atomic E-state index is 13.9. The molecule has 1 aliphatic rings. The average molecular weight is 352 g/mol. The van der Waals surface area contributed by atoms with Crippen molar-refractivity contribution in [3.63, 3.8) is 0 Å². The van der Waals surface area contributed by atoms with Gasteiger partial charge < -0.3 is 9.47 Å². The minimum absolute atomic E-state index is 0.0878. The number of hydrogen-bond donors (Lipinski definition) is 0. The molecule has 1 aromatic rings. The highest BCUT2D eigenvalue weighted by molar-refractivity contribution is 5.77. The number of methoxy groups -OCH3 is 1. The molecule has 0 N–H and O–H groups in total. The van der Waals surface area contributed by atoms with Crippen LogP contribution in [0.4, 0.5) is 22.0 Å². The molecule has 1 saturated heterocycles. The summed E-state index contributed by atoms with van der Waals surface area (Å²) < 4.78 is 77.1. The Labute approximate surface area is 135 Å². The molecule has 0 bridgehead atoms. The fraction of sp³-hybridized carbons (Fsp3) is 0.562. The highest BCUT2D eigenvalue weighted by atomic mass is 19.4. The summed E-state index contributed by atoms with van der Waals surface area (Å²) in [4.78, 5) is 11.9. The molecule has 0 aliphatic carbocycles. The summed E-state index contributed by atoms with van der Waals surface area (Å²) in [6, 6.07) is 2.00. The van der Waals surface area contributed by atoms with E-state index in [0.29, 0.717) is 0 Å². The average Bonchev–Trinajstić information content (AvgIpc) is 2.78.